The quantitative estimate of drug-likeness (QED) is 0.378. The van der Waals surface area contributed by atoms with Crippen LogP contribution in [-0.4, -0.2) is 45.6 Å². The van der Waals surface area contributed by atoms with Crippen molar-refractivity contribution < 1.29 is 39.5 Å². The van der Waals surface area contributed by atoms with Crippen molar-refractivity contribution in [2.24, 2.45) is 0 Å². The second-order valence-electron chi connectivity index (χ2n) is 6.01. The van der Waals surface area contributed by atoms with E-state index in [-0.39, 0.29) is 61.9 Å². The Labute approximate surface area is 161 Å². The maximum Gasteiger partial charge on any atom is 0.306 e. The Morgan fingerprint density at radius 2 is 1.07 bits per heavy atom. The van der Waals surface area contributed by atoms with Gasteiger partial charge in [-0.25, -0.2) is 0 Å². The lowest BCUT2D eigenvalue weighted by Gasteiger charge is -2.08. The van der Waals surface area contributed by atoms with Gasteiger partial charge >= 0.3 is 11.9 Å². The molecule has 0 aliphatic carbocycles. The minimum absolute atomic E-state index is 0.00166. The molecule has 0 saturated heterocycles. The fraction of sp³-hybridized carbons (Fsp3) is 0.300. The molecule has 4 N–H and O–H groups in total. The van der Waals surface area contributed by atoms with Crippen molar-refractivity contribution in [2.75, 3.05) is 13.2 Å². The van der Waals surface area contributed by atoms with E-state index in [0.717, 1.165) is 0 Å². The van der Waals surface area contributed by atoms with Gasteiger partial charge in [0.2, 0.25) is 0 Å². The number of aromatic hydroxyl groups is 4. The SMILES string of the molecule is O=C(CCC(=O)OCCc1cccc(O)c1O)OCCc1cccc(O)c1O. The van der Waals surface area contributed by atoms with E-state index >= 15 is 0 Å². The average molecular weight is 390 g/mol. The first-order chi connectivity index (χ1) is 13.4. The highest BCUT2D eigenvalue weighted by atomic mass is 16.5. The first kappa shape index (κ1) is 20.9. The lowest BCUT2D eigenvalue weighted by molar-refractivity contribution is -0.150. The molecule has 0 fully saturated rings. The molecule has 0 bridgehead atoms. The number of benzene rings is 2. The summed E-state index contributed by atoms with van der Waals surface area (Å²) in [6.07, 6.45) is 0.151. The van der Waals surface area contributed by atoms with Crippen LogP contribution in [0.3, 0.4) is 0 Å². The molecular weight excluding hydrogens is 368 g/mol. The lowest BCUT2D eigenvalue weighted by atomic mass is 10.1. The van der Waals surface area contributed by atoms with Crippen LogP contribution in [0.5, 0.6) is 23.0 Å². The van der Waals surface area contributed by atoms with E-state index < -0.39 is 11.9 Å². The number of hydrogen-bond donors (Lipinski definition) is 4. The smallest absolute Gasteiger partial charge is 0.306 e. The van der Waals surface area contributed by atoms with Crippen molar-refractivity contribution in [3.63, 3.8) is 0 Å². The molecule has 0 atom stereocenters. The molecule has 2 rings (SSSR count). The van der Waals surface area contributed by atoms with E-state index in [1.165, 1.54) is 12.1 Å². The number of hydrogen-bond acceptors (Lipinski definition) is 8. The van der Waals surface area contributed by atoms with Gasteiger partial charge < -0.3 is 29.9 Å². The number of phenolic OH excluding ortho intramolecular Hbond substituents is 4. The summed E-state index contributed by atoms with van der Waals surface area (Å²) in [4.78, 5) is 23.3. The van der Waals surface area contributed by atoms with Crippen molar-refractivity contribution >= 4 is 11.9 Å². The number of carbonyl (C=O) groups excluding carboxylic acids is 2. The Morgan fingerprint density at radius 3 is 1.46 bits per heavy atom. The predicted molar refractivity (Wildman–Crippen MR) is 98.1 cm³/mol. The van der Waals surface area contributed by atoms with Gasteiger partial charge in [-0.3, -0.25) is 9.59 Å². The van der Waals surface area contributed by atoms with Gasteiger partial charge in [-0.2, -0.15) is 0 Å². The van der Waals surface area contributed by atoms with Crippen LogP contribution in [0.4, 0.5) is 0 Å². The summed E-state index contributed by atoms with van der Waals surface area (Å²) >= 11 is 0. The van der Waals surface area contributed by atoms with Crippen molar-refractivity contribution in [1.82, 2.24) is 0 Å². The molecule has 0 aromatic heterocycles. The first-order valence-electron chi connectivity index (χ1n) is 8.69. The molecule has 0 radical (unpaired) electrons. The lowest BCUT2D eigenvalue weighted by Crippen LogP contribution is -2.13. The van der Waals surface area contributed by atoms with Gasteiger partial charge in [-0.1, -0.05) is 24.3 Å². The minimum Gasteiger partial charge on any atom is -0.504 e. The molecule has 0 amide bonds. The molecule has 0 unspecified atom stereocenters. The molecule has 0 heterocycles. The van der Waals surface area contributed by atoms with Crippen molar-refractivity contribution in [3.05, 3.63) is 47.5 Å². The van der Waals surface area contributed by atoms with Crippen LogP contribution < -0.4 is 0 Å². The highest BCUT2D eigenvalue weighted by Crippen LogP contribution is 2.29. The Bertz CT molecular complexity index is 761. The highest BCUT2D eigenvalue weighted by molar-refractivity contribution is 5.77. The third-order valence-corrected chi connectivity index (χ3v) is 4.00. The van der Waals surface area contributed by atoms with E-state index in [0.29, 0.717) is 11.1 Å². The number of phenols is 4. The zero-order chi connectivity index (χ0) is 20.5. The van der Waals surface area contributed by atoms with Crippen molar-refractivity contribution in [3.8, 4) is 23.0 Å². The molecule has 8 nitrogen and oxygen atoms in total. The summed E-state index contributed by atoms with van der Waals surface area (Å²) in [6.45, 7) is 0.00332. The first-order valence-corrected chi connectivity index (χ1v) is 8.69. The standard InChI is InChI=1S/C20H22O8/c21-15-5-1-3-13(19(15)25)9-11-27-17(23)7-8-18(24)28-12-10-14-4-2-6-16(22)20(14)26/h1-6,21-22,25-26H,7-12H2. The van der Waals surface area contributed by atoms with E-state index in [9.17, 15) is 30.0 Å². The molecule has 2 aromatic carbocycles. The maximum absolute atomic E-state index is 11.7. The molecule has 28 heavy (non-hydrogen) atoms. The second-order valence-corrected chi connectivity index (χ2v) is 6.01. The molecular formula is C20H22O8. The topological polar surface area (TPSA) is 134 Å². The van der Waals surface area contributed by atoms with Crippen LogP contribution >= 0.6 is 0 Å². The summed E-state index contributed by atoms with van der Waals surface area (Å²) in [7, 11) is 0. The second kappa shape index (κ2) is 10.1. The van der Waals surface area contributed by atoms with Crippen molar-refractivity contribution in [1.29, 1.82) is 0 Å². The van der Waals surface area contributed by atoms with Gasteiger partial charge in [0.15, 0.2) is 23.0 Å². The number of rotatable bonds is 9. The summed E-state index contributed by atoms with van der Waals surface area (Å²) in [5, 5.41) is 38.1. The minimum atomic E-state index is -0.581. The van der Waals surface area contributed by atoms with Crippen LogP contribution in [0.25, 0.3) is 0 Å². The third kappa shape index (κ3) is 6.08. The highest BCUT2D eigenvalue weighted by Gasteiger charge is 2.12. The molecule has 0 aliphatic rings. The Balaban J connectivity index is 1.63. The fourth-order valence-electron chi connectivity index (χ4n) is 2.46. The molecule has 0 saturated carbocycles. The van der Waals surface area contributed by atoms with Gasteiger partial charge in [-0.15, -0.1) is 0 Å². The summed E-state index contributed by atoms with van der Waals surface area (Å²) in [5.74, 6) is -2.15. The van der Waals surface area contributed by atoms with Gasteiger partial charge in [0.05, 0.1) is 26.1 Å². The molecule has 0 aliphatic heterocycles. The number of esters is 2. The fourth-order valence-corrected chi connectivity index (χ4v) is 2.46. The van der Waals surface area contributed by atoms with Gasteiger partial charge in [0.1, 0.15) is 0 Å². The number of para-hydroxylation sites is 2. The molecule has 0 spiro atoms. The maximum atomic E-state index is 11.7. The van der Waals surface area contributed by atoms with E-state index in [1.807, 2.05) is 0 Å². The van der Waals surface area contributed by atoms with E-state index in [1.54, 1.807) is 24.3 Å². The van der Waals surface area contributed by atoms with Gasteiger partial charge in [-0.05, 0) is 12.1 Å². The van der Waals surface area contributed by atoms with E-state index in [4.69, 9.17) is 9.47 Å². The van der Waals surface area contributed by atoms with Gasteiger partial charge in [0, 0.05) is 24.0 Å². The molecule has 150 valence electrons. The number of carbonyl (C=O) groups is 2. The Morgan fingerprint density at radius 1 is 0.679 bits per heavy atom. The van der Waals surface area contributed by atoms with Crippen LogP contribution in [0.1, 0.15) is 24.0 Å². The molecule has 2 aromatic rings. The van der Waals surface area contributed by atoms with Crippen LogP contribution in [0.2, 0.25) is 0 Å². The average Bonchev–Trinajstić information content (AvgIpc) is 2.67. The van der Waals surface area contributed by atoms with E-state index in [2.05, 4.69) is 0 Å². The predicted octanol–water partition coefficient (Wildman–Crippen LogP) is 2.16. The number of ether oxygens (including phenoxy) is 2. The monoisotopic (exact) mass is 390 g/mol. The Kier molecular flexibility index (Phi) is 7.50. The largest absolute Gasteiger partial charge is 0.504 e. The van der Waals surface area contributed by atoms with Crippen LogP contribution in [0, 0.1) is 0 Å². The molecule has 8 heteroatoms. The van der Waals surface area contributed by atoms with Crippen molar-refractivity contribution in [2.45, 2.75) is 25.7 Å². The normalized spacial score (nSPS) is 10.4. The van der Waals surface area contributed by atoms with Crippen LogP contribution in [0.15, 0.2) is 36.4 Å². The zero-order valence-electron chi connectivity index (χ0n) is 15.1. The summed E-state index contributed by atoms with van der Waals surface area (Å²) in [6, 6.07) is 9.03. The summed E-state index contributed by atoms with van der Waals surface area (Å²) in [5.41, 5.74) is 0.893. The third-order valence-electron chi connectivity index (χ3n) is 4.00. The zero-order valence-corrected chi connectivity index (χ0v) is 15.1. The summed E-state index contributed by atoms with van der Waals surface area (Å²) < 4.78 is 9.99. The van der Waals surface area contributed by atoms with Gasteiger partial charge in [0.25, 0.3) is 0 Å². The van der Waals surface area contributed by atoms with Crippen LogP contribution in [-0.2, 0) is 31.9 Å². The Hall–Kier alpha value is -3.42.